The summed E-state index contributed by atoms with van der Waals surface area (Å²) in [4.78, 5) is 0. The number of halogens is 3. The van der Waals surface area contributed by atoms with E-state index in [1.54, 1.807) is 6.20 Å². The van der Waals surface area contributed by atoms with Crippen molar-refractivity contribution in [1.29, 1.82) is 0 Å². The normalized spacial score (nSPS) is 19.6. The van der Waals surface area contributed by atoms with Crippen LogP contribution in [-0.4, -0.2) is 21.7 Å². The van der Waals surface area contributed by atoms with Gasteiger partial charge in [0.05, 0.1) is 11.9 Å². The second-order valence-corrected chi connectivity index (χ2v) is 3.06. The highest BCUT2D eigenvalue weighted by atomic mass is 32.1. The van der Waals surface area contributed by atoms with Crippen LogP contribution in [0.2, 0.25) is 0 Å². The summed E-state index contributed by atoms with van der Waals surface area (Å²) in [6.45, 7) is -2.69. The lowest BCUT2D eigenvalue weighted by molar-refractivity contribution is 0.00819. The van der Waals surface area contributed by atoms with Crippen LogP contribution in [0.3, 0.4) is 0 Å². The van der Waals surface area contributed by atoms with Crippen molar-refractivity contribution in [3.05, 3.63) is 11.9 Å². The molecule has 1 aromatic heterocycles. The number of thiol groups is 1. The molecule has 0 aliphatic carbocycles. The van der Waals surface area contributed by atoms with E-state index in [2.05, 4.69) is 22.9 Å². The number of rotatable bonds is 0. The van der Waals surface area contributed by atoms with Crippen LogP contribution in [0.5, 0.6) is 0 Å². The smallest absolute Gasteiger partial charge is 0.248 e. The third-order valence-corrected chi connectivity index (χ3v) is 2.13. The maximum Gasteiger partial charge on any atom is 0.379 e. The maximum absolute atomic E-state index is 9.67. The number of aromatic nitrogens is 3. The van der Waals surface area contributed by atoms with E-state index in [9.17, 15) is 13.2 Å². The van der Waals surface area contributed by atoms with Crippen molar-refractivity contribution in [2.75, 3.05) is 0 Å². The van der Waals surface area contributed by atoms with Gasteiger partial charge in [0.1, 0.15) is 0 Å². The zero-order valence-corrected chi connectivity index (χ0v) is 7.46. The molecule has 74 valence electrons. The maximum atomic E-state index is 9.67. The Balaban J connectivity index is 0.000000184. The average Bonchev–Trinajstić information content (AvgIpc) is 2.54. The summed E-state index contributed by atoms with van der Waals surface area (Å²) in [6, 6.07) is 0. The van der Waals surface area contributed by atoms with Crippen molar-refractivity contribution in [2.24, 2.45) is 0 Å². The summed E-state index contributed by atoms with van der Waals surface area (Å²) in [5, 5.41) is 7.98. The minimum atomic E-state index is -3.67. The average molecular weight is 211 g/mol. The molecular weight excluding hydrogens is 203 g/mol. The molecule has 13 heavy (non-hydrogen) atoms. The fourth-order valence-corrected chi connectivity index (χ4v) is 1.41. The van der Waals surface area contributed by atoms with Crippen LogP contribution in [0.4, 0.5) is 13.2 Å². The minimum absolute atomic E-state index is 0.361. The van der Waals surface area contributed by atoms with Crippen LogP contribution in [0, 0.1) is 0 Å². The number of aryl methyl sites for hydroxylation is 1. The lowest BCUT2D eigenvalue weighted by Crippen LogP contribution is -1.93. The van der Waals surface area contributed by atoms with Gasteiger partial charge in [-0.05, 0) is 6.42 Å². The highest BCUT2D eigenvalue weighted by Gasteiger charge is 2.19. The Kier molecular flexibility index (Phi) is 3.58. The molecule has 0 aromatic carbocycles. The molecule has 1 atom stereocenters. The Hall–Kier alpha value is -0.720. The van der Waals surface area contributed by atoms with E-state index in [-0.39, 0.29) is 0 Å². The molecule has 0 N–H and O–H groups in total. The molecule has 1 unspecified atom stereocenters. The molecule has 0 bridgehead atoms. The van der Waals surface area contributed by atoms with Gasteiger partial charge in [-0.2, -0.15) is 25.8 Å². The van der Waals surface area contributed by atoms with Crippen LogP contribution in [0.15, 0.2) is 6.20 Å². The molecule has 0 amide bonds. The summed E-state index contributed by atoms with van der Waals surface area (Å²) < 4.78 is 30.9. The topological polar surface area (TPSA) is 30.7 Å². The third kappa shape index (κ3) is 2.91. The molecule has 0 saturated carbocycles. The molecule has 0 radical (unpaired) electrons. The van der Waals surface area contributed by atoms with Crippen LogP contribution in [0.25, 0.3) is 0 Å². The lowest BCUT2D eigenvalue weighted by atomic mass is 10.3. The molecule has 1 aliphatic rings. The number of alkyl halides is 3. The Morgan fingerprint density at radius 3 is 2.69 bits per heavy atom. The second kappa shape index (κ2) is 4.50. The predicted octanol–water partition coefficient (Wildman–Crippen LogP) is 1.83. The van der Waals surface area contributed by atoms with Gasteiger partial charge in [0.25, 0.3) is 0 Å². The van der Waals surface area contributed by atoms with Crippen molar-refractivity contribution < 1.29 is 13.2 Å². The molecule has 2 rings (SSSR count). The Labute approximate surface area is 78.3 Å². The standard InChI is InChI=1S/C5H7N3S.CHF3/c9-5-1-2-8-4(5)3-6-7-8;2-1(3)4/h3,5,9H,1-2H2;1H. The predicted molar refractivity (Wildman–Crippen MR) is 43.5 cm³/mol. The molecule has 0 saturated heterocycles. The molecule has 7 heteroatoms. The van der Waals surface area contributed by atoms with Crippen molar-refractivity contribution >= 4 is 12.6 Å². The highest BCUT2D eigenvalue weighted by Crippen LogP contribution is 2.28. The van der Waals surface area contributed by atoms with Crippen molar-refractivity contribution in [3.8, 4) is 0 Å². The third-order valence-electron chi connectivity index (χ3n) is 1.60. The van der Waals surface area contributed by atoms with E-state index in [4.69, 9.17) is 0 Å². The summed E-state index contributed by atoms with van der Waals surface area (Å²) in [5.74, 6) is 0. The molecular formula is C6H8F3N3S. The second-order valence-electron chi connectivity index (χ2n) is 2.43. The molecule has 1 aromatic rings. The SMILES string of the molecule is FC(F)F.SC1CCn2nncc21. The summed E-state index contributed by atoms with van der Waals surface area (Å²) in [7, 11) is 0. The first-order chi connectivity index (χ1) is 6.11. The van der Waals surface area contributed by atoms with Crippen molar-refractivity contribution in [2.45, 2.75) is 24.9 Å². The lowest BCUT2D eigenvalue weighted by Gasteiger charge is -1.92. The van der Waals surface area contributed by atoms with E-state index in [0.717, 1.165) is 18.7 Å². The highest BCUT2D eigenvalue weighted by molar-refractivity contribution is 7.80. The summed E-state index contributed by atoms with van der Waals surface area (Å²) >= 11 is 4.34. The first kappa shape index (κ1) is 10.4. The van der Waals surface area contributed by atoms with E-state index in [1.807, 2.05) is 4.68 Å². The van der Waals surface area contributed by atoms with Gasteiger partial charge in [-0.1, -0.05) is 5.21 Å². The summed E-state index contributed by atoms with van der Waals surface area (Å²) in [6.07, 6.45) is 2.87. The van der Waals surface area contributed by atoms with Crippen LogP contribution >= 0.6 is 12.6 Å². The fraction of sp³-hybridized carbons (Fsp3) is 0.667. The number of fused-ring (bicyclic) bond motifs is 1. The number of nitrogens with zero attached hydrogens (tertiary/aromatic N) is 3. The van der Waals surface area contributed by atoms with Gasteiger partial charge < -0.3 is 0 Å². The first-order valence-corrected chi connectivity index (χ1v) is 4.11. The van der Waals surface area contributed by atoms with E-state index in [1.165, 1.54) is 0 Å². The van der Waals surface area contributed by atoms with Gasteiger partial charge in [-0.3, -0.25) is 0 Å². The summed E-state index contributed by atoms with van der Waals surface area (Å²) in [5.41, 5.74) is 1.15. The van der Waals surface area contributed by atoms with Crippen LogP contribution < -0.4 is 0 Å². The fourth-order valence-electron chi connectivity index (χ4n) is 1.09. The molecule has 2 heterocycles. The minimum Gasteiger partial charge on any atom is -0.248 e. The first-order valence-electron chi connectivity index (χ1n) is 3.60. The molecule has 1 aliphatic heterocycles. The number of hydrogen-bond acceptors (Lipinski definition) is 3. The van der Waals surface area contributed by atoms with Crippen LogP contribution in [0.1, 0.15) is 17.4 Å². The Morgan fingerprint density at radius 1 is 1.54 bits per heavy atom. The van der Waals surface area contributed by atoms with Gasteiger partial charge in [0, 0.05) is 11.8 Å². The molecule has 3 nitrogen and oxygen atoms in total. The van der Waals surface area contributed by atoms with Crippen LogP contribution in [-0.2, 0) is 6.54 Å². The molecule has 0 fully saturated rings. The Bertz CT molecular complexity index is 263. The number of hydrogen-bond donors (Lipinski definition) is 1. The Morgan fingerprint density at radius 2 is 2.15 bits per heavy atom. The van der Waals surface area contributed by atoms with E-state index >= 15 is 0 Å². The van der Waals surface area contributed by atoms with Crippen molar-refractivity contribution in [3.63, 3.8) is 0 Å². The zero-order valence-electron chi connectivity index (χ0n) is 6.57. The van der Waals surface area contributed by atoms with Gasteiger partial charge in [0.2, 0.25) is 0 Å². The van der Waals surface area contributed by atoms with Gasteiger partial charge >= 0.3 is 6.68 Å². The zero-order chi connectivity index (χ0) is 9.84. The van der Waals surface area contributed by atoms with E-state index < -0.39 is 6.68 Å². The van der Waals surface area contributed by atoms with Gasteiger partial charge in [0.15, 0.2) is 0 Å². The van der Waals surface area contributed by atoms with Gasteiger partial charge in [-0.25, -0.2) is 4.68 Å². The van der Waals surface area contributed by atoms with Crippen molar-refractivity contribution in [1.82, 2.24) is 15.0 Å². The molecule has 0 spiro atoms. The monoisotopic (exact) mass is 211 g/mol. The quantitative estimate of drug-likeness (QED) is 0.664. The largest absolute Gasteiger partial charge is 0.379 e. The van der Waals surface area contributed by atoms with E-state index in [0.29, 0.717) is 5.25 Å². The van der Waals surface area contributed by atoms with Gasteiger partial charge in [-0.15, -0.1) is 5.10 Å².